The lowest BCUT2D eigenvalue weighted by Crippen LogP contribution is -2.36. The average Bonchev–Trinajstić information content (AvgIpc) is 2.49. The van der Waals surface area contributed by atoms with Crippen molar-refractivity contribution < 1.29 is 0 Å². The summed E-state index contributed by atoms with van der Waals surface area (Å²) < 4.78 is 0.632. The molecular weight excluding hydrogens is 166 g/mol. The Morgan fingerprint density at radius 3 is 2.67 bits per heavy atom. The molecule has 70 valence electrons. The van der Waals surface area contributed by atoms with E-state index >= 15 is 0 Å². The lowest BCUT2D eigenvalue weighted by Gasteiger charge is -2.37. The van der Waals surface area contributed by atoms with E-state index in [1.165, 1.54) is 44.3 Å². The molecule has 0 radical (unpaired) electrons. The normalized spacial score (nSPS) is 34.2. The van der Waals surface area contributed by atoms with Crippen molar-refractivity contribution >= 4 is 11.8 Å². The number of rotatable bonds is 1. The van der Waals surface area contributed by atoms with Gasteiger partial charge in [0.05, 0.1) is 0 Å². The Hall–Kier alpha value is 0.310. The Balaban J connectivity index is 2.05. The van der Waals surface area contributed by atoms with Crippen LogP contribution in [0.5, 0.6) is 0 Å². The predicted molar refractivity (Wildman–Crippen MR) is 55.4 cm³/mol. The summed E-state index contributed by atoms with van der Waals surface area (Å²) in [6, 6.07) is 0. The Bertz CT molecular complexity index is 152. The zero-order valence-corrected chi connectivity index (χ0v) is 8.54. The fourth-order valence-corrected chi connectivity index (χ4v) is 4.66. The van der Waals surface area contributed by atoms with Crippen molar-refractivity contribution in [2.45, 2.75) is 43.3 Å². The quantitative estimate of drug-likeness (QED) is 0.679. The summed E-state index contributed by atoms with van der Waals surface area (Å²) in [5.74, 6) is 2.20. The molecule has 0 aromatic carbocycles. The van der Waals surface area contributed by atoms with Gasteiger partial charge in [-0.15, -0.1) is 0 Å². The van der Waals surface area contributed by atoms with Crippen molar-refractivity contribution in [3.63, 3.8) is 0 Å². The summed E-state index contributed by atoms with van der Waals surface area (Å²) in [5, 5.41) is 0. The second-order valence-corrected chi connectivity index (χ2v) is 5.71. The van der Waals surface area contributed by atoms with Crippen molar-refractivity contribution in [2.75, 3.05) is 12.3 Å². The Morgan fingerprint density at radius 2 is 2.00 bits per heavy atom. The van der Waals surface area contributed by atoms with Gasteiger partial charge in [0.1, 0.15) is 0 Å². The standard InChI is InChI=1S/C10H19NS/c11-8-9-4-7-12-10(9)5-2-1-3-6-10/h9H,1-8,11H2. The number of nitrogens with two attached hydrogens (primary N) is 1. The van der Waals surface area contributed by atoms with Crippen LogP contribution in [0.4, 0.5) is 0 Å². The summed E-state index contributed by atoms with van der Waals surface area (Å²) in [4.78, 5) is 0. The molecule has 2 rings (SSSR count). The van der Waals surface area contributed by atoms with Gasteiger partial charge in [-0.1, -0.05) is 19.3 Å². The van der Waals surface area contributed by atoms with Crippen molar-refractivity contribution in [3.05, 3.63) is 0 Å². The van der Waals surface area contributed by atoms with E-state index in [0.717, 1.165) is 12.5 Å². The monoisotopic (exact) mass is 185 g/mol. The van der Waals surface area contributed by atoms with Gasteiger partial charge in [0.25, 0.3) is 0 Å². The second-order valence-electron chi connectivity index (χ2n) is 4.20. The van der Waals surface area contributed by atoms with Crippen molar-refractivity contribution in [3.8, 4) is 0 Å². The maximum atomic E-state index is 5.83. The summed E-state index contributed by atoms with van der Waals surface area (Å²) in [7, 11) is 0. The molecule has 0 bridgehead atoms. The van der Waals surface area contributed by atoms with Gasteiger partial charge in [-0.3, -0.25) is 0 Å². The van der Waals surface area contributed by atoms with Crippen LogP contribution in [-0.2, 0) is 0 Å². The molecule has 1 atom stereocenters. The second kappa shape index (κ2) is 3.59. The minimum atomic E-state index is 0.632. The van der Waals surface area contributed by atoms with Crippen LogP contribution in [0.1, 0.15) is 38.5 Å². The van der Waals surface area contributed by atoms with Gasteiger partial charge >= 0.3 is 0 Å². The van der Waals surface area contributed by atoms with E-state index in [9.17, 15) is 0 Å². The highest BCUT2D eigenvalue weighted by molar-refractivity contribution is 8.00. The third-order valence-corrected chi connectivity index (χ3v) is 5.34. The van der Waals surface area contributed by atoms with Gasteiger partial charge in [-0.05, 0) is 37.5 Å². The number of hydrogen-bond acceptors (Lipinski definition) is 2. The minimum Gasteiger partial charge on any atom is -0.330 e. The molecular formula is C10H19NS. The number of hydrogen-bond donors (Lipinski definition) is 1. The van der Waals surface area contributed by atoms with Crippen LogP contribution in [0.25, 0.3) is 0 Å². The molecule has 1 saturated heterocycles. The minimum absolute atomic E-state index is 0.632. The van der Waals surface area contributed by atoms with Gasteiger partial charge in [-0.2, -0.15) is 11.8 Å². The highest BCUT2D eigenvalue weighted by Gasteiger charge is 2.42. The van der Waals surface area contributed by atoms with Crippen molar-refractivity contribution in [1.82, 2.24) is 0 Å². The summed E-state index contributed by atoms with van der Waals surface area (Å²) in [5.41, 5.74) is 5.83. The van der Waals surface area contributed by atoms with Crippen LogP contribution in [0.15, 0.2) is 0 Å². The highest BCUT2D eigenvalue weighted by Crippen LogP contribution is 2.51. The van der Waals surface area contributed by atoms with Crippen LogP contribution >= 0.6 is 11.8 Å². The molecule has 12 heavy (non-hydrogen) atoms. The van der Waals surface area contributed by atoms with Crippen LogP contribution in [-0.4, -0.2) is 17.0 Å². The molecule has 2 aliphatic rings. The predicted octanol–water partition coefficient (Wildman–Crippen LogP) is 2.40. The highest BCUT2D eigenvalue weighted by atomic mass is 32.2. The zero-order valence-electron chi connectivity index (χ0n) is 7.72. The first-order chi connectivity index (χ1) is 5.87. The molecule has 1 heterocycles. The molecule has 1 nitrogen and oxygen atoms in total. The Labute approximate surface area is 79.5 Å². The molecule has 0 aromatic rings. The first-order valence-corrected chi connectivity index (χ1v) is 6.20. The topological polar surface area (TPSA) is 26.0 Å². The van der Waals surface area contributed by atoms with Gasteiger partial charge < -0.3 is 5.73 Å². The Morgan fingerprint density at radius 1 is 1.25 bits per heavy atom. The van der Waals surface area contributed by atoms with Crippen LogP contribution in [0.3, 0.4) is 0 Å². The smallest absolute Gasteiger partial charge is 0.0200 e. The first kappa shape index (κ1) is 8.89. The van der Waals surface area contributed by atoms with Gasteiger partial charge in [0.2, 0.25) is 0 Å². The summed E-state index contributed by atoms with van der Waals surface area (Å²) >= 11 is 2.22. The van der Waals surface area contributed by atoms with Crippen LogP contribution in [0.2, 0.25) is 0 Å². The van der Waals surface area contributed by atoms with Crippen LogP contribution < -0.4 is 5.73 Å². The third-order valence-electron chi connectivity index (χ3n) is 3.58. The molecule has 1 aliphatic heterocycles. The molecule has 1 spiro atoms. The van der Waals surface area contributed by atoms with Crippen LogP contribution in [0, 0.1) is 5.92 Å². The maximum Gasteiger partial charge on any atom is 0.0200 e. The molecule has 2 heteroatoms. The summed E-state index contributed by atoms with van der Waals surface area (Å²) in [6.45, 7) is 0.924. The van der Waals surface area contributed by atoms with E-state index in [2.05, 4.69) is 11.8 Å². The molecule has 0 aromatic heterocycles. The van der Waals surface area contributed by atoms with E-state index in [1.807, 2.05) is 0 Å². The first-order valence-electron chi connectivity index (χ1n) is 5.21. The fourth-order valence-electron chi connectivity index (χ4n) is 2.82. The number of thioether (sulfide) groups is 1. The van der Waals surface area contributed by atoms with Crippen molar-refractivity contribution in [2.24, 2.45) is 11.7 Å². The molecule has 1 unspecified atom stereocenters. The van der Waals surface area contributed by atoms with E-state index < -0.39 is 0 Å². The molecule has 1 aliphatic carbocycles. The Kier molecular flexibility index (Phi) is 2.66. The van der Waals surface area contributed by atoms with Gasteiger partial charge in [-0.25, -0.2) is 0 Å². The zero-order chi connectivity index (χ0) is 8.44. The van der Waals surface area contributed by atoms with Gasteiger partial charge in [0.15, 0.2) is 0 Å². The SMILES string of the molecule is NCC1CCSC12CCCCC2. The molecule has 2 fully saturated rings. The van der Waals surface area contributed by atoms with E-state index in [4.69, 9.17) is 5.73 Å². The third kappa shape index (κ3) is 1.39. The average molecular weight is 185 g/mol. The van der Waals surface area contributed by atoms with Crippen molar-refractivity contribution in [1.29, 1.82) is 0 Å². The largest absolute Gasteiger partial charge is 0.330 e. The van der Waals surface area contributed by atoms with E-state index in [0.29, 0.717) is 4.75 Å². The lowest BCUT2D eigenvalue weighted by molar-refractivity contribution is 0.301. The van der Waals surface area contributed by atoms with Gasteiger partial charge in [0, 0.05) is 4.75 Å². The maximum absolute atomic E-state index is 5.83. The lowest BCUT2D eigenvalue weighted by atomic mass is 9.78. The molecule has 1 saturated carbocycles. The molecule has 2 N–H and O–H groups in total. The van der Waals surface area contributed by atoms with E-state index in [1.54, 1.807) is 0 Å². The molecule has 0 amide bonds. The van der Waals surface area contributed by atoms with E-state index in [-0.39, 0.29) is 0 Å². The summed E-state index contributed by atoms with van der Waals surface area (Å²) in [6.07, 6.45) is 8.62. The fraction of sp³-hybridized carbons (Fsp3) is 1.00.